The number of thioether (sulfide) groups is 1. The van der Waals surface area contributed by atoms with Crippen molar-refractivity contribution in [3.63, 3.8) is 0 Å². The summed E-state index contributed by atoms with van der Waals surface area (Å²) in [6, 6.07) is 0.367. The molecule has 0 radical (unpaired) electrons. The summed E-state index contributed by atoms with van der Waals surface area (Å²) in [6.45, 7) is 3.43. The molecule has 10 heteroatoms. The lowest BCUT2D eigenvalue weighted by molar-refractivity contribution is -0.128. The zero-order valence-corrected chi connectivity index (χ0v) is 15.8. The molecule has 146 valence electrons. The van der Waals surface area contributed by atoms with Gasteiger partial charge >= 0.3 is 6.09 Å². The van der Waals surface area contributed by atoms with Gasteiger partial charge in [-0.1, -0.05) is 0 Å². The van der Waals surface area contributed by atoms with Gasteiger partial charge in [-0.15, -0.1) is 11.8 Å². The lowest BCUT2D eigenvalue weighted by atomic mass is 9.82. The molecule has 1 aliphatic carbocycles. The van der Waals surface area contributed by atoms with Crippen LogP contribution in [0.5, 0.6) is 0 Å². The molecule has 0 spiro atoms. The Hall–Kier alpha value is -1.36. The van der Waals surface area contributed by atoms with E-state index in [0.717, 1.165) is 18.6 Å². The van der Waals surface area contributed by atoms with Crippen molar-refractivity contribution in [2.75, 3.05) is 5.75 Å². The zero-order chi connectivity index (χ0) is 18.7. The van der Waals surface area contributed by atoms with Crippen molar-refractivity contribution < 1.29 is 24.1 Å². The van der Waals surface area contributed by atoms with E-state index in [4.69, 9.17) is 9.68 Å². The summed E-state index contributed by atoms with van der Waals surface area (Å²) in [6.07, 6.45) is 1.90. The van der Waals surface area contributed by atoms with Crippen molar-refractivity contribution in [2.24, 2.45) is 11.8 Å². The molecule has 5 unspecified atom stereocenters. The van der Waals surface area contributed by atoms with Crippen LogP contribution in [0.4, 0.5) is 4.79 Å². The van der Waals surface area contributed by atoms with Crippen LogP contribution in [0.15, 0.2) is 0 Å². The minimum Gasteiger partial charge on any atom is -0.447 e. The van der Waals surface area contributed by atoms with Gasteiger partial charge in [-0.2, -0.15) is 11.0 Å². The first kappa shape index (κ1) is 19.4. The number of amides is 3. The van der Waals surface area contributed by atoms with E-state index in [1.165, 1.54) is 11.8 Å². The van der Waals surface area contributed by atoms with Gasteiger partial charge in [0.05, 0.1) is 29.5 Å². The summed E-state index contributed by atoms with van der Waals surface area (Å²) in [5.74, 6) is -0.224. The molecule has 3 fully saturated rings. The summed E-state index contributed by atoms with van der Waals surface area (Å²) in [7, 11) is 0. The largest absolute Gasteiger partial charge is 0.447 e. The van der Waals surface area contributed by atoms with E-state index >= 15 is 0 Å². The highest BCUT2D eigenvalue weighted by Gasteiger charge is 2.40. The van der Waals surface area contributed by atoms with Gasteiger partial charge < -0.3 is 10.1 Å². The van der Waals surface area contributed by atoms with Gasteiger partial charge in [-0.25, -0.2) is 9.73 Å². The normalized spacial score (nSPS) is 33.6. The predicted molar refractivity (Wildman–Crippen MR) is 94.5 cm³/mol. The number of imide groups is 1. The Kier molecular flexibility index (Phi) is 6.38. The number of hydroxylamine groups is 2. The number of ether oxygens (including phenoxy) is 1. The maximum absolute atomic E-state index is 12.6. The van der Waals surface area contributed by atoms with Gasteiger partial charge in [0, 0.05) is 5.92 Å². The van der Waals surface area contributed by atoms with Gasteiger partial charge in [0.2, 0.25) is 11.8 Å². The highest BCUT2D eigenvalue weighted by molar-refractivity contribution is 8.00. The van der Waals surface area contributed by atoms with Gasteiger partial charge in [-0.05, 0) is 45.3 Å². The lowest BCUT2D eigenvalue weighted by Crippen LogP contribution is -2.49. The maximum atomic E-state index is 12.6. The van der Waals surface area contributed by atoms with Crippen LogP contribution in [-0.2, 0) is 19.3 Å². The molecule has 2 heterocycles. The smallest absolute Gasteiger partial charge is 0.414 e. The minimum atomic E-state index is -0.745. The van der Waals surface area contributed by atoms with Crippen LogP contribution < -0.4 is 21.6 Å². The van der Waals surface area contributed by atoms with Crippen molar-refractivity contribution in [1.82, 2.24) is 21.6 Å². The topological polar surface area (TPSA) is 118 Å². The Balaban J connectivity index is 1.50. The Morgan fingerprint density at radius 3 is 2.65 bits per heavy atom. The molecule has 4 N–H and O–H groups in total. The van der Waals surface area contributed by atoms with Crippen molar-refractivity contribution >= 4 is 29.7 Å². The number of fused-ring (bicyclic) bond motifs is 1. The fraction of sp³-hybridized carbons (Fsp3) is 0.812. The second-order valence-corrected chi connectivity index (χ2v) is 8.45. The molecule has 3 rings (SSSR count). The average molecular weight is 386 g/mol. The third kappa shape index (κ3) is 4.67. The molecule has 9 nitrogen and oxygen atoms in total. The number of hydrogen-bond donors (Lipinski definition) is 4. The number of alkyl carbamates (subject to hydrolysis) is 1. The summed E-state index contributed by atoms with van der Waals surface area (Å²) in [5, 5.41) is 4.94. The number of rotatable bonds is 4. The Morgan fingerprint density at radius 1 is 1.12 bits per heavy atom. The summed E-state index contributed by atoms with van der Waals surface area (Å²) >= 11 is 1.53. The second kappa shape index (κ2) is 8.55. The fourth-order valence-corrected chi connectivity index (χ4v) is 4.90. The highest BCUT2D eigenvalue weighted by Crippen LogP contribution is 2.32. The summed E-state index contributed by atoms with van der Waals surface area (Å²) in [5.41, 5.74) is 5.79. The molecule has 5 atom stereocenters. The van der Waals surface area contributed by atoms with Crippen LogP contribution in [0, 0.1) is 11.8 Å². The quantitative estimate of drug-likeness (QED) is 0.549. The van der Waals surface area contributed by atoms with Crippen molar-refractivity contribution in [3.05, 3.63) is 0 Å². The van der Waals surface area contributed by atoms with Gasteiger partial charge in [0.25, 0.3) is 0 Å². The first-order chi connectivity index (χ1) is 12.4. The monoisotopic (exact) mass is 386 g/mol. The van der Waals surface area contributed by atoms with Crippen LogP contribution in [-0.4, -0.2) is 47.2 Å². The van der Waals surface area contributed by atoms with Crippen LogP contribution >= 0.6 is 11.8 Å². The van der Waals surface area contributed by atoms with Crippen LogP contribution in [0.3, 0.4) is 0 Å². The molecule has 0 aromatic carbocycles. The number of carbonyl (C=O) groups excluding carboxylic acids is 3. The Labute approximate surface area is 156 Å². The Bertz CT molecular complexity index is 561. The highest BCUT2D eigenvalue weighted by atomic mass is 32.2. The van der Waals surface area contributed by atoms with Crippen LogP contribution in [0.1, 0.15) is 39.5 Å². The standard InChI is InChI=1S/C16H26N4O5S/c1-8(2)24-16(23)18-14(22)10-5-6-26-15(10)17-13(21)9-3-4-11-12(7-9)20-25-19-11/h8-12,15,19-20H,3-7H2,1-2H3,(H,17,21)(H,18,22,23). The predicted octanol–water partition coefficient (Wildman–Crippen LogP) is 0.420. The van der Waals surface area contributed by atoms with Crippen molar-refractivity contribution in [1.29, 1.82) is 0 Å². The van der Waals surface area contributed by atoms with E-state index in [2.05, 4.69) is 21.6 Å². The minimum absolute atomic E-state index is 0.0425. The van der Waals surface area contributed by atoms with Crippen molar-refractivity contribution in [2.45, 2.75) is 63.1 Å². The zero-order valence-electron chi connectivity index (χ0n) is 14.9. The van der Waals surface area contributed by atoms with Gasteiger partial charge in [-0.3, -0.25) is 14.9 Å². The molecule has 0 bridgehead atoms. The van der Waals surface area contributed by atoms with Crippen LogP contribution in [0.25, 0.3) is 0 Å². The van der Waals surface area contributed by atoms with Gasteiger partial charge in [0.1, 0.15) is 0 Å². The molecule has 0 aromatic heterocycles. The third-order valence-electron chi connectivity index (χ3n) is 4.92. The molecule has 26 heavy (non-hydrogen) atoms. The second-order valence-electron chi connectivity index (χ2n) is 7.20. The van der Waals surface area contributed by atoms with E-state index in [0.29, 0.717) is 12.8 Å². The van der Waals surface area contributed by atoms with E-state index in [9.17, 15) is 14.4 Å². The molecule has 2 saturated heterocycles. The molecule has 3 aliphatic rings. The van der Waals surface area contributed by atoms with E-state index < -0.39 is 17.9 Å². The number of hydrogen-bond acceptors (Lipinski definition) is 8. The van der Waals surface area contributed by atoms with Gasteiger partial charge in [0.15, 0.2) is 0 Å². The van der Waals surface area contributed by atoms with E-state index in [-0.39, 0.29) is 35.4 Å². The van der Waals surface area contributed by atoms with Crippen molar-refractivity contribution in [3.8, 4) is 0 Å². The summed E-state index contributed by atoms with van der Waals surface area (Å²) in [4.78, 5) is 41.6. The lowest BCUT2D eigenvalue weighted by Gasteiger charge is -2.30. The fourth-order valence-electron chi connectivity index (χ4n) is 3.56. The first-order valence-electron chi connectivity index (χ1n) is 9.04. The van der Waals surface area contributed by atoms with Crippen LogP contribution in [0.2, 0.25) is 0 Å². The van der Waals surface area contributed by atoms with E-state index in [1.54, 1.807) is 13.8 Å². The maximum Gasteiger partial charge on any atom is 0.414 e. The average Bonchev–Trinajstić information content (AvgIpc) is 3.21. The number of carbonyl (C=O) groups is 3. The molecule has 1 saturated carbocycles. The molecule has 0 aromatic rings. The molecular formula is C16H26N4O5S. The third-order valence-corrected chi connectivity index (χ3v) is 6.20. The number of nitrogens with one attached hydrogen (secondary N) is 4. The molecule has 2 aliphatic heterocycles. The van der Waals surface area contributed by atoms with E-state index in [1.807, 2.05) is 0 Å². The Morgan fingerprint density at radius 2 is 1.88 bits per heavy atom. The summed E-state index contributed by atoms with van der Waals surface area (Å²) < 4.78 is 4.94. The molecule has 3 amide bonds. The first-order valence-corrected chi connectivity index (χ1v) is 10.1. The molecular weight excluding hydrogens is 360 g/mol. The SMILES string of the molecule is CC(C)OC(=O)NC(=O)C1CCSC1NC(=O)C1CCC2NONC2C1.